The third kappa shape index (κ3) is 2.59. The molecule has 0 amide bonds. The van der Waals surface area contributed by atoms with Crippen LogP contribution in [0.1, 0.15) is 20.3 Å². The topological polar surface area (TPSA) is 63.8 Å². The second-order valence-electron chi connectivity index (χ2n) is 4.71. The van der Waals surface area contributed by atoms with E-state index in [0.717, 1.165) is 12.5 Å². The molecule has 0 radical (unpaired) electrons. The first-order valence-electron chi connectivity index (χ1n) is 5.01. The van der Waals surface area contributed by atoms with Crippen LogP contribution in [0.4, 0.5) is 11.8 Å². The van der Waals surface area contributed by atoms with E-state index in [9.17, 15) is 0 Å². The molecule has 15 heavy (non-hydrogen) atoms. The molecular formula is C10H15BrN4. The van der Waals surface area contributed by atoms with Crippen molar-refractivity contribution in [3.05, 3.63) is 10.7 Å². The highest BCUT2D eigenvalue weighted by atomic mass is 79.9. The Hall–Kier alpha value is -0.840. The van der Waals surface area contributed by atoms with E-state index in [0.29, 0.717) is 21.8 Å². The van der Waals surface area contributed by atoms with E-state index < -0.39 is 0 Å². The molecular weight excluding hydrogens is 256 g/mol. The predicted molar refractivity (Wildman–Crippen MR) is 64.5 cm³/mol. The van der Waals surface area contributed by atoms with Gasteiger partial charge in [0.05, 0.1) is 0 Å². The van der Waals surface area contributed by atoms with Crippen LogP contribution in [-0.2, 0) is 0 Å². The lowest BCUT2D eigenvalue weighted by Crippen LogP contribution is -2.10. The molecule has 1 heterocycles. The monoisotopic (exact) mass is 270 g/mol. The maximum absolute atomic E-state index is 5.61. The molecule has 4 nitrogen and oxygen atoms in total. The first-order chi connectivity index (χ1) is 6.97. The van der Waals surface area contributed by atoms with Gasteiger partial charge < -0.3 is 11.1 Å². The van der Waals surface area contributed by atoms with Gasteiger partial charge in [0, 0.05) is 12.6 Å². The fourth-order valence-electron chi connectivity index (χ4n) is 1.65. The molecule has 0 aliphatic heterocycles. The number of nitrogens with two attached hydrogens (primary N) is 1. The molecule has 2 rings (SSSR count). The average Bonchev–Trinajstić information content (AvgIpc) is 2.69. The van der Waals surface area contributed by atoms with Gasteiger partial charge in [-0.15, -0.1) is 0 Å². The molecule has 1 saturated carbocycles. The van der Waals surface area contributed by atoms with Gasteiger partial charge in [-0.25, -0.2) is 4.98 Å². The number of hydrogen-bond donors (Lipinski definition) is 2. The average molecular weight is 271 g/mol. The molecule has 1 atom stereocenters. The summed E-state index contributed by atoms with van der Waals surface area (Å²) in [7, 11) is 0. The molecule has 0 bridgehead atoms. The zero-order valence-electron chi connectivity index (χ0n) is 8.92. The van der Waals surface area contributed by atoms with Crippen molar-refractivity contribution in [1.29, 1.82) is 0 Å². The van der Waals surface area contributed by atoms with Crippen molar-refractivity contribution in [3.8, 4) is 0 Å². The van der Waals surface area contributed by atoms with E-state index in [4.69, 9.17) is 5.73 Å². The minimum absolute atomic E-state index is 0.477. The van der Waals surface area contributed by atoms with E-state index in [2.05, 4.69) is 45.1 Å². The molecule has 1 unspecified atom stereocenters. The lowest BCUT2D eigenvalue weighted by Gasteiger charge is -2.06. The lowest BCUT2D eigenvalue weighted by molar-refractivity contribution is 0.572. The van der Waals surface area contributed by atoms with Gasteiger partial charge in [0.15, 0.2) is 0 Å². The summed E-state index contributed by atoms with van der Waals surface area (Å²) in [5.41, 5.74) is 6.09. The van der Waals surface area contributed by atoms with Crippen LogP contribution >= 0.6 is 15.9 Å². The minimum Gasteiger partial charge on any atom is -0.383 e. The fourth-order valence-corrected chi connectivity index (χ4v) is 2.06. The van der Waals surface area contributed by atoms with Gasteiger partial charge in [-0.2, -0.15) is 4.98 Å². The fraction of sp³-hybridized carbons (Fsp3) is 0.600. The van der Waals surface area contributed by atoms with Crippen molar-refractivity contribution in [1.82, 2.24) is 9.97 Å². The second kappa shape index (κ2) is 3.63. The first-order valence-corrected chi connectivity index (χ1v) is 5.80. The third-order valence-electron chi connectivity index (χ3n) is 2.94. The number of rotatable bonds is 3. The standard InChI is InChI=1S/C10H15BrN4/c1-10(2)4-6(10)5-13-9-14-7(11)3-8(12)15-9/h3,6H,4-5H2,1-2H3,(H3,12,13,14,15). The van der Waals surface area contributed by atoms with Crippen molar-refractivity contribution in [2.45, 2.75) is 20.3 Å². The molecule has 5 heteroatoms. The van der Waals surface area contributed by atoms with Crippen LogP contribution in [-0.4, -0.2) is 16.5 Å². The number of nitrogen functional groups attached to an aromatic ring is 1. The van der Waals surface area contributed by atoms with Crippen LogP contribution in [0, 0.1) is 11.3 Å². The van der Waals surface area contributed by atoms with Gasteiger partial charge in [-0.05, 0) is 33.7 Å². The van der Waals surface area contributed by atoms with Crippen molar-refractivity contribution in [2.75, 3.05) is 17.6 Å². The zero-order chi connectivity index (χ0) is 11.1. The summed E-state index contributed by atoms with van der Waals surface area (Å²) in [6.07, 6.45) is 1.27. The molecule has 1 aliphatic carbocycles. The van der Waals surface area contributed by atoms with E-state index in [-0.39, 0.29) is 0 Å². The number of aromatic nitrogens is 2. The summed E-state index contributed by atoms with van der Waals surface area (Å²) in [6.45, 7) is 5.47. The Morgan fingerprint density at radius 2 is 2.27 bits per heavy atom. The highest BCUT2D eigenvalue weighted by molar-refractivity contribution is 9.10. The number of nitrogens with one attached hydrogen (secondary N) is 1. The molecule has 82 valence electrons. The summed E-state index contributed by atoms with van der Waals surface area (Å²) in [5.74, 6) is 1.81. The number of anilines is 2. The summed E-state index contributed by atoms with van der Waals surface area (Å²) in [4.78, 5) is 8.30. The van der Waals surface area contributed by atoms with Crippen LogP contribution in [0.3, 0.4) is 0 Å². The SMILES string of the molecule is CC1(C)CC1CNc1nc(N)cc(Br)n1. The number of hydrogen-bond acceptors (Lipinski definition) is 4. The summed E-state index contributed by atoms with van der Waals surface area (Å²) in [5, 5.41) is 3.21. The molecule has 1 aromatic heterocycles. The van der Waals surface area contributed by atoms with Crippen LogP contribution < -0.4 is 11.1 Å². The number of nitrogens with zero attached hydrogens (tertiary/aromatic N) is 2. The maximum atomic E-state index is 5.61. The molecule has 0 saturated heterocycles. The van der Waals surface area contributed by atoms with E-state index in [1.165, 1.54) is 6.42 Å². The van der Waals surface area contributed by atoms with Crippen molar-refractivity contribution in [2.24, 2.45) is 11.3 Å². The van der Waals surface area contributed by atoms with Crippen molar-refractivity contribution in [3.63, 3.8) is 0 Å². The Labute approximate surface area is 97.8 Å². The van der Waals surface area contributed by atoms with Gasteiger partial charge in [-0.1, -0.05) is 13.8 Å². The third-order valence-corrected chi connectivity index (χ3v) is 3.35. The zero-order valence-corrected chi connectivity index (χ0v) is 10.5. The van der Waals surface area contributed by atoms with E-state index in [1.54, 1.807) is 6.07 Å². The summed E-state index contributed by atoms with van der Waals surface area (Å²) >= 11 is 3.29. The lowest BCUT2D eigenvalue weighted by atomic mass is 10.1. The molecule has 1 fully saturated rings. The Balaban J connectivity index is 1.94. The van der Waals surface area contributed by atoms with E-state index in [1.807, 2.05) is 0 Å². The normalized spacial score (nSPS) is 22.5. The van der Waals surface area contributed by atoms with Gasteiger partial charge in [0.25, 0.3) is 0 Å². The maximum Gasteiger partial charge on any atom is 0.225 e. The van der Waals surface area contributed by atoms with Crippen LogP contribution in [0.5, 0.6) is 0 Å². The largest absolute Gasteiger partial charge is 0.383 e. The van der Waals surface area contributed by atoms with Crippen LogP contribution in [0.15, 0.2) is 10.7 Å². The quantitative estimate of drug-likeness (QED) is 0.828. The number of halogens is 1. The smallest absolute Gasteiger partial charge is 0.225 e. The molecule has 3 N–H and O–H groups in total. The summed E-state index contributed by atoms with van der Waals surface area (Å²) < 4.78 is 0.715. The second-order valence-corrected chi connectivity index (χ2v) is 5.52. The van der Waals surface area contributed by atoms with Gasteiger partial charge >= 0.3 is 0 Å². The van der Waals surface area contributed by atoms with Gasteiger partial charge in [0.2, 0.25) is 5.95 Å². The molecule has 1 aliphatic rings. The summed E-state index contributed by atoms with van der Waals surface area (Å²) in [6, 6.07) is 1.69. The van der Waals surface area contributed by atoms with Crippen LogP contribution in [0.2, 0.25) is 0 Å². The Bertz CT molecular complexity index is 357. The Kier molecular flexibility index (Phi) is 2.58. The Morgan fingerprint density at radius 1 is 1.60 bits per heavy atom. The van der Waals surface area contributed by atoms with Gasteiger partial charge in [0.1, 0.15) is 10.4 Å². The molecule has 0 spiro atoms. The van der Waals surface area contributed by atoms with Gasteiger partial charge in [-0.3, -0.25) is 0 Å². The Morgan fingerprint density at radius 3 is 2.80 bits per heavy atom. The molecule has 0 aromatic carbocycles. The first kappa shape index (κ1) is 10.7. The van der Waals surface area contributed by atoms with Crippen molar-refractivity contribution < 1.29 is 0 Å². The highest BCUT2D eigenvalue weighted by Gasteiger charge is 2.45. The minimum atomic E-state index is 0.477. The predicted octanol–water partition coefficient (Wildman–Crippen LogP) is 2.28. The highest BCUT2D eigenvalue weighted by Crippen LogP contribution is 2.51. The van der Waals surface area contributed by atoms with Crippen LogP contribution in [0.25, 0.3) is 0 Å². The van der Waals surface area contributed by atoms with Crippen molar-refractivity contribution >= 4 is 27.7 Å². The molecule has 1 aromatic rings. The van der Waals surface area contributed by atoms with E-state index >= 15 is 0 Å².